The molecular weight excluding hydrogens is 280 g/mol. The van der Waals surface area contributed by atoms with Gasteiger partial charge in [0, 0.05) is 18.2 Å². The molecule has 4 atom stereocenters. The lowest BCUT2D eigenvalue weighted by Gasteiger charge is -2.31. The second-order valence-corrected chi connectivity index (χ2v) is 5.93. The molecule has 0 aromatic carbocycles. The number of rotatable bonds is 4. The molecule has 1 aliphatic heterocycles. The maximum absolute atomic E-state index is 11.9. The number of aromatic amines is 1. The number of H-pyrrole nitrogens is 1. The zero-order valence-electron chi connectivity index (χ0n) is 12.1. The van der Waals surface area contributed by atoms with E-state index in [1.54, 1.807) is 0 Å². The molecule has 112 valence electrons. The van der Waals surface area contributed by atoms with Crippen LogP contribution in [0.25, 0.3) is 0 Å². The third kappa shape index (κ3) is 2.44. The first-order chi connectivity index (χ1) is 9.45. The SMILES string of the molecule is CCC[C@]1(CC)O[C@@H](n2ccc(=O)[nH]c2=O)[C@H](Cl)[C@@H]1C. The van der Waals surface area contributed by atoms with Gasteiger partial charge in [-0.15, -0.1) is 11.6 Å². The molecule has 6 heteroatoms. The van der Waals surface area contributed by atoms with E-state index in [0.29, 0.717) is 0 Å². The van der Waals surface area contributed by atoms with Crippen molar-refractivity contribution in [2.75, 3.05) is 0 Å². The normalized spacial score (nSPS) is 33.5. The summed E-state index contributed by atoms with van der Waals surface area (Å²) in [6, 6.07) is 1.31. The highest BCUT2D eigenvalue weighted by molar-refractivity contribution is 6.21. The average Bonchev–Trinajstić information content (AvgIpc) is 2.65. The summed E-state index contributed by atoms with van der Waals surface area (Å²) in [5, 5.41) is -0.301. The Bertz CT molecular complexity index is 582. The van der Waals surface area contributed by atoms with Crippen molar-refractivity contribution in [2.45, 2.75) is 57.2 Å². The van der Waals surface area contributed by atoms with E-state index in [9.17, 15) is 9.59 Å². The maximum atomic E-state index is 11.9. The number of ether oxygens (including phenoxy) is 1. The number of hydrogen-bond acceptors (Lipinski definition) is 3. The van der Waals surface area contributed by atoms with E-state index in [2.05, 4.69) is 25.8 Å². The molecule has 1 aromatic heterocycles. The van der Waals surface area contributed by atoms with Crippen molar-refractivity contribution in [3.05, 3.63) is 33.1 Å². The molecule has 0 aliphatic carbocycles. The molecule has 1 saturated heterocycles. The van der Waals surface area contributed by atoms with E-state index in [-0.39, 0.29) is 16.9 Å². The smallest absolute Gasteiger partial charge is 0.330 e. The summed E-state index contributed by atoms with van der Waals surface area (Å²) < 4.78 is 7.56. The standard InChI is InChI=1S/C14H21ClN2O3/c1-4-7-14(5-2)9(3)11(15)12(20-14)17-8-6-10(18)16-13(17)19/h6,8-9,11-12H,4-5,7H2,1-3H3,(H,16,18,19)/t9-,11+,12+,14-/m0/s1. The summed E-state index contributed by atoms with van der Waals surface area (Å²) in [6.07, 6.45) is 3.66. The molecule has 0 saturated carbocycles. The summed E-state index contributed by atoms with van der Waals surface area (Å²) in [6.45, 7) is 6.25. The summed E-state index contributed by atoms with van der Waals surface area (Å²) in [5.41, 5.74) is -1.20. The highest BCUT2D eigenvalue weighted by Gasteiger charge is 2.51. The zero-order chi connectivity index (χ0) is 14.9. The Hall–Kier alpha value is -1.07. The van der Waals surface area contributed by atoms with Gasteiger partial charge in [0.25, 0.3) is 5.56 Å². The quantitative estimate of drug-likeness (QED) is 0.868. The molecular formula is C14H21ClN2O3. The van der Waals surface area contributed by atoms with E-state index in [0.717, 1.165) is 19.3 Å². The van der Waals surface area contributed by atoms with Gasteiger partial charge in [0.1, 0.15) is 0 Å². The molecule has 0 unspecified atom stereocenters. The lowest BCUT2D eigenvalue weighted by atomic mass is 9.82. The van der Waals surface area contributed by atoms with Crippen molar-refractivity contribution >= 4 is 11.6 Å². The van der Waals surface area contributed by atoms with Crippen LogP contribution in [0.5, 0.6) is 0 Å². The molecule has 1 fully saturated rings. The highest BCUT2D eigenvalue weighted by atomic mass is 35.5. The number of hydrogen-bond donors (Lipinski definition) is 1. The minimum atomic E-state index is -0.539. The summed E-state index contributed by atoms with van der Waals surface area (Å²) in [5.74, 6) is 0.137. The van der Waals surface area contributed by atoms with Gasteiger partial charge in [-0.2, -0.15) is 0 Å². The van der Waals surface area contributed by atoms with Crippen LogP contribution in [0, 0.1) is 5.92 Å². The van der Waals surface area contributed by atoms with Gasteiger partial charge in [0.05, 0.1) is 11.0 Å². The predicted molar refractivity (Wildman–Crippen MR) is 78.2 cm³/mol. The van der Waals surface area contributed by atoms with Crippen LogP contribution in [0.2, 0.25) is 0 Å². The zero-order valence-corrected chi connectivity index (χ0v) is 12.8. The lowest BCUT2D eigenvalue weighted by Crippen LogP contribution is -2.35. The molecule has 1 N–H and O–H groups in total. The van der Waals surface area contributed by atoms with E-state index in [1.165, 1.54) is 16.8 Å². The van der Waals surface area contributed by atoms with Crippen molar-refractivity contribution in [1.29, 1.82) is 0 Å². The first-order valence-electron chi connectivity index (χ1n) is 7.08. The fourth-order valence-electron chi connectivity index (χ4n) is 3.08. The number of aromatic nitrogens is 2. The Morgan fingerprint density at radius 2 is 2.15 bits per heavy atom. The Kier molecular flexibility index (Phi) is 4.39. The second-order valence-electron chi connectivity index (χ2n) is 5.43. The Balaban J connectivity index is 2.39. The number of halogens is 1. The van der Waals surface area contributed by atoms with Gasteiger partial charge in [0.15, 0.2) is 6.23 Å². The Labute approximate surface area is 122 Å². The van der Waals surface area contributed by atoms with Gasteiger partial charge in [-0.3, -0.25) is 14.3 Å². The van der Waals surface area contributed by atoms with Crippen LogP contribution >= 0.6 is 11.6 Å². The molecule has 1 aliphatic rings. The molecule has 1 aromatic rings. The third-order valence-electron chi connectivity index (χ3n) is 4.33. The minimum Gasteiger partial charge on any atom is -0.350 e. The Morgan fingerprint density at radius 3 is 2.70 bits per heavy atom. The summed E-state index contributed by atoms with van der Waals surface area (Å²) in [4.78, 5) is 25.3. The third-order valence-corrected chi connectivity index (χ3v) is 4.93. The summed E-state index contributed by atoms with van der Waals surface area (Å²) >= 11 is 6.50. The molecule has 0 spiro atoms. The van der Waals surface area contributed by atoms with Crippen LogP contribution in [0.1, 0.15) is 46.3 Å². The topological polar surface area (TPSA) is 64.1 Å². The van der Waals surface area contributed by atoms with Gasteiger partial charge in [-0.25, -0.2) is 4.79 Å². The average molecular weight is 301 g/mol. The van der Waals surface area contributed by atoms with E-state index in [1.807, 2.05) is 0 Å². The van der Waals surface area contributed by atoms with Crippen molar-refractivity contribution in [2.24, 2.45) is 5.92 Å². The summed E-state index contributed by atoms with van der Waals surface area (Å²) in [7, 11) is 0. The van der Waals surface area contributed by atoms with Crippen LogP contribution < -0.4 is 11.2 Å². The van der Waals surface area contributed by atoms with Gasteiger partial charge < -0.3 is 4.74 Å². The van der Waals surface area contributed by atoms with Crippen molar-refractivity contribution < 1.29 is 4.74 Å². The van der Waals surface area contributed by atoms with Gasteiger partial charge >= 0.3 is 5.69 Å². The molecule has 0 radical (unpaired) electrons. The van der Waals surface area contributed by atoms with Crippen molar-refractivity contribution in [3.8, 4) is 0 Å². The molecule has 2 heterocycles. The predicted octanol–water partition coefficient (Wildman–Crippen LogP) is 2.26. The second kappa shape index (κ2) is 5.74. The van der Waals surface area contributed by atoms with E-state index >= 15 is 0 Å². The first kappa shape index (κ1) is 15.3. The molecule has 5 nitrogen and oxygen atoms in total. The Morgan fingerprint density at radius 1 is 1.45 bits per heavy atom. The molecule has 2 rings (SSSR count). The van der Waals surface area contributed by atoms with E-state index in [4.69, 9.17) is 16.3 Å². The van der Waals surface area contributed by atoms with Crippen LogP contribution in [0.15, 0.2) is 21.9 Å². The van der Waals surface area contributed by atoms with Gasteiger partial charge in [0.2, 0.25) is 0 Å². The number of nitrogens with one attached hydrogen (secondary N) is 1. The largest absolute Gasteiger partial charge is 0.350 e. The van der Waals surface area contributed by atoms with Gasteiger partial charge in [-0.05, 0) is 12.8 Å². The maximum Gasteiger partial charge on any atom is 0.330 e. The van der Waals surface area contributed by atoms with Crippen molar-refractivity contribution in [1.82, 2.24) is 9.55 Å². The highest BCUT2D eigenvalue weighted by Crippen LogP contribution is 2.48. The van der Waals surface area contributed by atoms with Crippen LogP contribution in [0.4, 0.5) is 0 Å². The monoisotopic (exact) mass is 300 g/mol. The lowest BCUT2D eigenvalue weighted by molar-refractivity contribution is -0.0916. The number of alkyl halides is 1. The molecule has 0 amide bonds. The molecule has 20 heavy (non-hydrogen) atoms. The van der Waals surface area contributed by atoms with Crippen LogP contribution in [-0.2, 0) is 4.74 Å². The fourth-order valence-corrected chi connectivity index (χ4v) is 3.48. The van der Waals surface area contributed by atoms with E-state index < -0.39 is 17.5 Å². The minimum absolute atomic E-state index is 0.137. The molecule has 0 bridgehead atoms. The van der Waals surface area contributed by atoms with Crippen LogP contribution in [-0.4, -0.2) is 20.5 Å². The fraction of sp³-hybridized carbons (Fsp3) is 0.714. The van der Waals surface area contributed by atoms with Gasteiger partial charge in [-0.1, -0.05) is 27.2 Å². The number of nitrogens with zero attached hydrogens (tertiary/aromatic N) is 1. The van der Waals surface area contributed by atoms with Crippen molar-refractivity contribution in [3.63, 3.8) is 0 Å². The van der Waals surface area contributed by atoms with Crippen LogP contribution in [0.3, 0.4) is 0 Å². The first-order valence-corrected chi connectivity index (χ1v) is 7.52.